The first kappa shape index (κ1) is 23.8. The zero-order valence-corrected chi connectivity index (χ0v) is 20.7. The van der Waals surface area contributed by atoms with E-state index in [1.165, 1.54) is 12.3 Å². The number of fused-ring (bicyclic) bond motifs is 3. The van der Waals surface area contributed by atoms with Crippen LogP contribution in [0.1, 0.15) is 29.6 Å². The van der Waals surface area contributed by atoms with Gasteiger partial charge in [-0.15, -0.1) is 0 Å². The van der Waals surface area contributed by atoms with Crippen molar-refractivity contribution in [3.63, 3.8) is 0 Å². The van der Waals surface area contributed by atoms with Crippen molar-refractivity contribution in [3.05, 3.63) is 70.3 Å². The number of hydrogen-bond donors (Lipinski definition) is 3. The van der Waals surface area contributed by atoms with Gasteiger partial charge in [0.05, 0.1) is 11.1 Å². The van der Waals surface area contributed by atoms with Crippen LogP contribution in [0.15, 0.2) is 58.4 Å². The molecule has 1 fully saturated rings. The summed E-state index contributed by atoms with van der Waals surface area (Å²) in [6, 6.07) is 12.9. The van der Waals surface area contributed by atoms with E-state index >= 15 is 4.39 Å². The summed E-state index contributed by atoms with van der Waals surface area (Å²) in [5.41, 5.74) is 11.5. The number of hydrogen-bond acceptors (Lipinski definition) is 5. The predicted molar refractivity (Wildman–Crippen MR) is 146 cm³/mol. The molecular weight excluding hydrogens is 487 g/mol. The Morgan fingerprint density at radius 2 is 1.84 bits per heavy atom. The maximum Gasteiger partial charge on any atom is 0.256 e. The first-order valence-electron chi connectivity index (χ1n) is 12.6. The van der Waals surface area contributed by atoms with Gasteiger partial charge in [0.25, 0.3) is 5.91 Å². The van der Waals surface area contributed by atoms with Crippen molar-refractivity contribution in [2.75, 3.05) is 31.1 Å². The number of carbonyl (C=O) groups excluding carboxylic acids is 1. The van der Waals surface area contributed by atoms with Crippen molar-refractivity contribution in [1.29, 1.82) is 0 Å². The van der Waals surface area contributed by atoms with Gasteiger partial charge >= 0.3 is 0 Å². The summed E-state index contributed by atoms with van der Waals surface area (Å²) in [5, 5.41) is 4.77. The van der Waals surface area contributed by atoms with Gasteiger partial charge in [-0.3, -0.25) is 14.6 Å². The minimum atomic E-state index is -0.557. The van der Waals surface area contributed by atoms with Crippen LogP contribution in [0, 0.1) is 5.82 Å². The number of anilines is 1. The highest BCUT2D eigenvalue weighted by atomic mass is 19.1. The van der Waals surface area contributed by atoms with E-state index in [1.54, 1.807) is 4.57 Å². The summed E-state index contributed by atoms with van der Waals surface area (Å²) >= 11 is 0. The number of amides is 1. The standard InChI is InChI=1S/C28H27FN6O3/c29-20-14-18-23-26(24(20)34-10-3-4-11-34)38-22-13-17-7-2-1-6-16(17)12-21(22)35(23)15-19(25(18)36)27(37)32-8-5-9-33-28(30)31/h1-2,6-7,12-15H,3-5,8-11H2,(H,32,37)(H4,30,31,33). The third-order valence-electron chi connectivity index (χ3n) is 7.05. The van der Waals surface area contributed by atoms with Crippen LogP contribution in [0.25, 0.3) is 27.4 Å². The zero-order chi connectivity index (χ0) is 26.4. The Kier molecular flexibility index (Phi) is 5.86. The summed E-state index contributed by atoms with van der Waals surface area (Å²) < 4.78 is 23.8. The van der Waals surface area contributed by atoms with Crippen molar-refractivity contribution in [3.8, 4) is 17.2 Å². The fraction of sp³-hybridized carbons (Fsp3) is 0.250. The molecule has 0 saturated carbocycles. The van der Waals surface area contributed by atoms with Crippen LogP contribution in [0.4, 0.5) is 10.1 Å². The molecule has 6 rings (SSSR count). The van der Waals surface area contributed by atoms with Crippen LogP contribution in [0.2, 0.25) is 0 Å². The molecule has 0 aliphatic carbocycles. The van der Waals surface area contributed by atoms with E-state index in [2.05, 4.69) is 10.3 Å². The number of rotatable bonds is 6. The summed E-state index contributed by atoms with van der Waals surface area (Å²) in [6.07, 6.45) is 3.92. The van der Waals surface area contributed by atoms with Crippen molar-refractivity contribution >= 4 is 39.2 Å². The lowest BCUT2D eigenvalue weighted by atomic mass is 10.0. The molecule has 1 saturated heterocycles. The average Bonchev–Trinajstić information content (AvgIpc) is 3.43. The van der Waals surface area contributed by atoms with Gasteiger partial charge in [-0.25, -0.2) is 4.39 Å². The van der Waals surface area contributed by atoms with E-state index in [0.717, 1.165) is 23.6 Å². The number of halogens is 1. The van der Waals surface area contributed by atoms with Gasteiger partial charge in [-0.2, -0.15) is 0 Å². The number of guanidine groups is 1. The Labute approximate surface area is 217 Å². The third-order valence-corrected chi connectivity index (χ3v) is 7.05. The van der Waals surface area contributed by atoms with Crippen LogP contribution >= 0.6 is 0 Å². The molecule has 0 atom stereocenters. The molecule has 0 spiro atoms. The second kappa shape index (κ2) is 9.37. The van der Waals surface area contributed by atoms with E-state index in [9.17, 15) is 9.59 Å². The highest BCUT2D eigenvalue weighted by Crippen LogP contribution is 2.48. The predicted octanol–water partition coefficient (Wildman–Crippen LogP) is 3.38. The molecule has 38 heavy (non-hydrogen) atoms. The lowest BCUT2D eigenvalue weighted by Gasteiger charge is -2.29. The normalized spacial score (nSPS) is 13.9. The lowest BCUT2D eigenvalue weighted by Crippen LogP contribution is -2.31. The SMILES string of the molecule is NC(N)=NCCCNC(=O)c1cn2c3c(c(N4CCCC4)c(F)cc3c1=O)Oc1cc3ccccc3cc1-2. The first-order valence-corrected chi connectivity index (χ1v) is 12.6. The molecule has 2 aliphatic rings. The maximum absolute atomic E-state index is 15.7. The number of pyridine rings is 1. The first-order chi connectivity index (χ1) is 18.4. The zero-order valence-electron chi connectivity index (χ0n) is 20.7. The quantitative estimate of drug-likeness (QED) is 0.181. The smallest absolute Gasteiger partial charge is 0.256 e. The Balaban J connectivity index is 1.53. The van der Waals surface area contributed by atoms with Crippen molar-refractivity contribution in [2.24, 2.45) is 16.5 Å². The Morgan fingerprint density at radius 1 is 1.11 bits per heavy atom. The molecule has 0 radical (unpaired) electrons. The fourth-order valence-corrected chi connectivity index (χ4v) is 5.27. The molecule has 5 N–H and O–H groups in total. The van der Waals surface area contributed by atoms with Gasteiger partial charge in [0, 0.05) is 32.4 Å². The highest BCUT2D eigenvalue weighted by molar-refractivity contribution is 6.02. The Bertz CT molecular complexity index is 1690. The van der Waals surface area contributed by atoms with Crippen molar-refractivity contribution in [2.45, 2.75) is 19.3 Å². The number of nitrogens with one attached hydrogen (secondary N) is 1. The second-order valence-corrected chi connectivity index (χ2v) is 9.55. The third kappa shape index (κ3) is 3.98. The topological polar surface area (TPSA) is 128 Å². The molecule has 4 aromatic rings. The summed E-state index contributed by atoms with van der Waals surface area (Å²) in [4.78, 5) is 32.5. The van der Waals surface area contributed by atoms with Crippen LogP contribution in [-0.2, 0) is 0 Å². The molecule has 2 aliphatic heterocycles. The molecule has 10 heteroatoms. The molecule has 194 valence electrons. The van der Waals surface area contributed by atoms with E-state index < -0.39 is 17.2 Å². The summed E-state index contributed by atoms with van der Waals surface area (Å²) in [6.45, 7) is 2.02. The molecule has 9 nitrogen and oxygen atoms in total. The Morgan fingerprint density at radius 3 is 2.58 bits per heavy atom. The molecular formula is C28H27FN6O3. The maximum atomic E-state index is 15.7. The fourth-order valence-electron chi connectivity index (χ4n) is 5.27. The van der Waals surface area contributed by atoms with Crippen LogP contribution < -0.4 is 31.8 Å². The van der Waals surface area contributed by atoms with E-state index in [1.807, 2.05) is 41.3 Å². The second-order valence-electron chi connectivity index (χ2n) is 9.55. The molecule has 1 amide bonds. The minimum absolute atomic E-state index is 0.0252. The van der Waals surface area contributed by atoms with Gasteiger partial charge in [0.1, 0.15) is 16.8 Å². The molecule has 0 unspecified atom stereocenters. The number of nitrogens with two attached hydrogens (primary N) is 2. The largest absolute Gasteiger partial charge is 0.451 e. The van der Waals surface area contributed by atoms with Gasteiger partial charge in [-0.05, 0) is 48.2 Å². The van der Waals surface area contributed by atoms with Gasteiger partial charge in [0.15, 0.2) is 23.3 Å². The van der Waals surface area contributed by atoms with E-state index in [-0.39, 0.29) is 23.5 Å². The molecule has 3 heterocycles. The number of ether oxygens (including phenoxy) is 1. The Hall–Kier alpha value is -4.60. The van der Waals surface area contributed by atoms with Gasteiger partial charge < -0.3 is 31.0 Å². The number of nitrogens with zero attached hydrogens (tertiary/aromatic N) is 3. The van der Waals surface area contributed by atoms with Crippen LogP contribution in [0.5, 0.6) is 11.5 Å². The molecule has 1 aromatic heterocycles. The monoisotopic (exact) mass is 514 g/mol. The lowest BCUT2D eigenvalue weighted by molar-refractivity contribution is 0.0952. The summed E-state index contributed by atoms with van der Waals surface area (Å²) in [7, 11) is 0. The number of carbonyl (C=O) groups is 1. The molecule has 3 aromatic carbocycles. The summed E-state index contributed by atoms with van der Waals surface area (Å²) in [5.74, 6) is -0.300. The number of aliphatic imine (C=N–C) groups is 1. The van der Waals surface area contributed by atoms with Crippen LogP contribution in [0.3, 0.4) is 0 Å². The average molecular weight is 515 g/mol. The number of benzene rings is 3. The highest BCUT2D eigenvalue weighted by Gasteiger charge is 2.31. The number of aromatic nitrogens is 1. The molecule has 0 bridgehead atoms. The van der Waals surface area contributed by atoms with Gasteiger partial charge in [-0.1, -0.05) is 24.3 Å². The van der Waals surface area contributed by atoms with E-state index in [0.29, 0.717) is 54.4 Å². The minimum Gasteiger partial charge on any atom is -0.451 e. The van der Waals surface area contributed by atoms with Gasteiger partial charge in [0.2, 0.25) is 5.43 Å². The van der Waals surface area contributed by atoms with Crippen molar-refractivity contribution < 1.29 is 13.9 Å². The van der Waals surface area contributed by atoms with E-state index in [4.69, 9.17) is 16.2 Å². The van der Waals surface area contributed by atoms with Crippen molar-refractivity contribution in [1.82, 2.24) is 9.88 Å². The van der Waals surface area contributed by atoms with Crippen LogP contribution in [-0.4, -0.2) is 42.6 Å².